The van der Waals surface area contributed by atoms with Crippen LogP contribution in [0.4, 0.5) is 0 Å². The van der Waals surface area contributed by atoms with Crippen molar-refractivity contribution >= 4 is 29.9 Å². The summed E-state index contributed by atoms with van der Waals surface area (Å²) in [5.74, 6) is 0.851. The van der Waals surface area contributed by atoms with Crippen molar-refractivity contribution < 1.29 is 4.74 Å². The molecule has 5 nitrogen and oxygen atoms in total. The van der Waals surface area contributed by atoms with Crippen LogP contribution in [0.5, 0.6) is 0 Å². The third-order valence-corrected chi connectivity index (χ3v) is 3.93. The van der Waals surface area contributed by atoms with Crippen LogP contribution in [0.25, 0.3) is 0 Å². The monoisotopic (exact) mass is 442 g/mol. The Balaban J connectivity index is 0.00000288. The molecule has 1 atom stereocenters. The molecule has 24 heavy (non-hydrogen) atoms. The lowest BCUT2D eigenvalue weighted by molar-refractivity contribution is 0.106. The summed E-state index contributed by atoms with van der Waals surface area (Å²) in [4.78, 5) is 6.47. The fourth-order valence-electron chi connectivity index (χ4n) is 2.55. The molecule has 2 rings (SSSR count). The second-order valence-corrected chi connectivity index (χ2v) is 5.53. The van der Waals surface area contributed by atoms with Gasteiger partial charge in [-0.3, -0.25) is 4.99 Å². The van der Waals surface area contributed by atoms with E-state index in [2.05, 4.69) is 57.3 Å². The molecule has 0 fully saturated rings. The summed E-state index contributed by atoms with van der Waals surface area (Å²) in [6.07, 6.45) is 2.05. The molecule has 0 aliphatic heterocycles. The van der Waals surface area contributed by atoms with Crippen LogP contribution in [-0.2, 0) is 18.3 Å². The van der Waals surface area contributed by atoms with Gasteiger partial charge in [-0.05, 0) is 17.7 Å². The summed E-state index contributed by atoms with van der Waals surface area (Å²) in [5, 5.41) is 3.39. The molecule has 0 amide bonds. The smallest absolute Gasteiger partial charge is 0.193 e. The van der Waals surface area contributed by atoms with E-state index in [1.165, 1.54) is 5.69 Å². The number of aliphatic imine (C=N–C) groups is 1. The van der Waals surface area contributed by atoms with Gasteiger partial charge in [-0.25, -0.2) is 0 Å². The predicted molar refractivity (Wildman–Crippen MR) is 110 cm³/mol. The Morgan fingerprint density at radius 2 is 1.96 bits per heavy atom. The van der Waals surface area contributed by atoms with E-state index < -0.39 is 0 Å². The molecule has 1 aromatic heterocycles. The maximum atomic E-state index is 5.60. The Kier molecular flexibility index (Phi) is 8.84. The molecule has 2 aromatic rings. The Bertz CT molecular complexity index is 627. The molecule has 0 aliphatic carbocycles. The van der Waals surface area contributed by atoms with Crippen LogP contribution in [-0.4, -0.2) is 43.2 Å². The average Bonchev–Trinajstić information content (AvgIpc) is 2.97. The van der Waals surface area contributed by atoms with E-state index in [9.17, 15) is 0 Å². The van der Waals surface area contributed by atoms with Crippen LogP contribution in [0.3, 0.4) is 0 Å². The second-order valence-electron chi connectivity index (χ2n) is 5.53. The number of aromatic nitrogens is 1. The first-order chi connectivity index (χ1) is 11.2. The molecule has 6 heteroatoms. The number of ether oxygens (including phenoxy) is 1. The van der Waals surface area contributed by atoms with Crippen molar-refractivity contribution in [2.75, 3.05) is 27.7 Å². The van der Waals surface area contributed by atoms with E-state index in [0.29, 0.717) is 6.54 Å². The van der Waals surface area contributed by atoms with E-state index in [4.69, 9.17) is 4.74 Å². The highest BCUT2D eigenvalue weighted by Crippen LogP contribution is 2.15. The van der Waals surface area contributed by atoms with Gasteiger partial charge in [-0.15, -0.1) is 24.0 Å². The van der Waals surface area contributed by atoms with E-state index in [-0.39, 0.29) is 30.1 Å². The van der Waals surface area contributed by atoms with Crippen molar-refractivity contribution in [3.05, 3.63) is 59.9 Å². The molecule has 0 saturated heterocycles. The van der Waals surface area contributed by atoms with Gasteiger partial charge in [-0.2, -0.15) is 0 Å². The summed E-state index contributed by atoms with van der Waals surface area (Å²) in [7, 11) is 7.62. The first-order valence-corrected chi connectivity index (χ1v) is 7.75. The third kappa shape index (κ3) is 5.52. The van der Waals surface area contributed by atoms with Crippen molar-refractivity contribution in [1.82, 2.24) is 14.8 Å². The number of rotatable bonds is 6. The fourth-order valence-corrected chi connectivity index (χ4v) is 2.55. The van der Waals surface area contributed by atoms with E-state index >= 15 is 0 Å². The van der Waals surface area contributed by atoms with Gasteiger partial charge in [0.05, 0.1) is 12.6 Å². The lowest BCUT2D eigenvalue weighted by Gasteiger charge is -2.24. The third-order valence-electron chi connectivity index (χ3n) is 3.93. The first-order valence-electron chi connectivity index (χ1n) is 7.75. The Morgan fingerprint density at radius 1 is 1.25 bits per heavy atom. The standard InChI is InChI=1S/C18H26N4O.HI/c1-19-18(22(3)14-16-11-8-12-21(16)2)20-13-17(23-4)15-9-6-5-7-10-15;/h5-12,17H,13-14H2,1-4H3,(H,19,20);1H. The van der Waals surface area contributed by atoms with Crippen molar-refractivity contribution in [2.24, 2.45) is 12.0 Å². The van der Waals surface area contributed by atoms with Gasteiger partial charge in [0, 0.05) is 46.7 Å². The van der Waals surface area contributed by atoms with Crippen molar-refractivity contribution in [2.45, 2.75) is 12.6 Å². The fraction of sp³-hybridized carbons (Fsp3) is 0.389. The number of nitrogens with one attached hydrogen (secondary N) is 1. The SMILES string of the molecule is CN=C(NCC(OC)c1ccccc1)N(C)Cc1cccn1C.I. The molecule has 0 aliphatic rings. The molecule has 0 bridgehead atoms. The topological polar surface area (TPSA) is 41.8 Å². The molecule has 0 saturated carbocycles. The number of methoxy groups -OCH3 is 1. The van der Waals surface area contributed by atoms with Gasteiger partial charge in [0.2, 0.25) is 0 Å². The number of halogens is 1. The normalized spacial score (nSPS) is 12.4. The van der Waals surface area contributed by atoms with E-state index in [1.54, 1.807) is 14.2 Å². The highest BCUT2D eigenvalue weighted by atomic mass is 127. The Hall–Kier alpha value is -1.54. The van der Waals surface area contributed by atoms with Crippen molar-refractivity contribution in [3.63, 3.8) is 0 Å². The van der Waals surface area contributed by atoms with Gasteiger partial charge < -0.3 is 19.5 Å². The zero-order valence-electron chi connectivity index (χ0n) is 14.8. The van der Waals surface area contributed by atoms with Crippen LogP contribution in [0.2, 0.25) is 0 Å². The van der Waals surface area contributed by atoms with Crippen molar-refractivity contribution in [1.29, 1.82) is 0 Å². The molecular formula is C18H27IN4O. The maximum Gasteiger partial charge on any atom is 0.193 e. The van der Waals surface area contributed by atoms with Gasteiger partial charge in [-0.1, -0.05) is 30.3 Å². The van der Waals surface area contributed by atoms with Gasteiger partial charge in [0.15, 0.2) is 5.96 Å². The summed E-state index contributed by atoms with van der Waals surface area (Å²) in [5.41, 5.74) is 2.39. The van der Waals surface area contributed by atoms with Gasteiger partial charge in [0.1, 0.15) is 0 Å². The molecule has 1 heterocycles. The molecular weight excluding hydrogens is 415 g/mol. The van der Waals surface area contributed by atoms with Crippen LogP contribution in [0.1, 0.15) is 17.4 Å². The summed E-state index contributed by atoms with van der Waals surface area (Å²) in [6.45, 7) is 1.47. The van der Waals surface area contributed by atoms with Crippen molar-refractivity contribution in [3.8, 4) is 0 Å². The number of hydrogen-bond acceptors (Lipinski definition) is 2. The molecule has 132 valence electrons. The summed E-state index contributed by atoms with van der Waals surface area (Å²) < 4.78 is 7.71. The number of benzene rings is 1. The number of hydrogen-bond donors (Lipinski definition) is 1. The molecule has 0 radical (unpaired) electrons. The maximum absolute atomic E-state index is 5.60. The minimum Gasteiger partial charge on any atom is -0.375 e. The van der Waals surface area contributed by atoms with Crippen LogP contribution in [0.15, 0.2) is 53.7 Å². The van der Waals surface area contributed by atoms with Gasteiger partial charge >= 0.3 is 0 Å². The van der Waals surface area contributed by atoms with Gasteiger partial charge in [0.25, 0.3) is 0 Å². The van der Waals surface area contributed by atoms with E-state index in [1.807, 2.05) is 25.2 Å². The lowest BCUT2D eigenvalue weighted by atomic mass is 10.1. The molecule has 1 aromatic carbocycles. The highest BCUT2D eigenvalue weighted by Gasteiger charge is 2.13. The summed E-state index contributed by atoms with van der Waals surface area (Å²) >= 11 is 0. The zero-order chi connectivity index (χ0) is 16.7. The molecule has 0 spiro atoms. The number of guanidine groups is 1. The zero-order valence-corrected chi connectivity index (χ0v) is 17.1. The molecule has 1 unspecified atom stereocenters. The van der Waals surface area contributed by atoms with E-state index in [0.717, 1.165) is 18.1 Å². The van der Waals surface area contributed by atoms with Crippen LogP contribution >= 0.6 is 24.0 Å². The second kappa shape index (κ2) is 10.4. The first kappa shape index (κ1) is 20.5. The highest BCUT2D eigenvalue weighted by molar-refractivity contribution is 14.0. The largest absolute Gasteiger partial charge is 0.375 e. The number of aryl methyl sites for hydroxylation is 1. The quantitative estimate of drug-likeness (QED) is 0.425. The Labute approximate surface area is 161 Å². The van der Waals surface area contributed by atoms with Crippen LogP contribution < -0.4 is 5.32 Å². The average molecular weight is 442 g/mol. The predicted octanol–water partition coefficient (Wildman–Crippen LogP) is 3.04. The van der Waals surface area contributed by atoms with Crippen LogP contribution in [0, 0.1) is 0 Å². The summed E-state index contributed by atoms with van der Waals surface area (Å²) in [6, 6.07) is 14.4. The Morgan fingerprint density at radius 3 is 2.50 bits per heavy atom. The minimum atomic E-state index is -0.00335. The number of nitrogens with zero attached hydrogens (tertiary/aromatic N) is 3. The lowest BCUT2D eigenvalue weighted by Crippen LogP contribution is -2.40. The minimum absolute atomic E-state index is 0. The molecule has 1 N–H and O–H groups in total.